The van der Waals surface area contributed by atoms with Crippen LogP contribution in [0, 0.1) is 11.8 Å². The van der Waals surface area contributed by atoms with Crippen molar-refractivity contribution in [2.75, 3.05) is 0 Å². The molecule has 1 aromatic carbocycles. The summed E-state index contributed by atoms with van der Waals surface area (Å²) in [6, 6.07) is 13.8. The summed E-state index contributed by atoms with van der Waals surface area (Å²) in [4.78, 5) is 12.3. The van der Waals surface area contributed by atoms with Crippen LogP contribution in [0.25, 0.3) is 0 Å². The molecule has 0 spiro atoms. The Balaban J connectivity index is 2.08. The smallest absolute Gasteiger partial charge is 0.227 e. The molecule has 1 atom stereocenters. The van der Waals surface area contributed by atoms with Crippen molar-refractivity contribution in [2.45, 2.75) is 46.6 Å². The van der Waals surface area contributed by atoms with Crippen molar-refractivity contribution in [3.05, 3.63) is 66.0 Å². The maximum atomic E-state index is 12.3. The van der Waals surface area contributed by atoms with Gasteiger partial charge in [0.15, 0.2) is 12.4 Å². The Kier molecular flexibility index (Phi) is 6.09. The molecule has 122 valence electrons. The summed E-state index contributed by atoms with van der Waals surface area (Å²) in [6.07, 6.45) is 5.27. The Bertz CT molecular complexity index is 614. The first kappa shape index (κ1) is 17.4. The largest absolute Gasteiger partial charge is 0.287 e. The highest BCUT2D eigenvalue weighted by molar-refractivity contribution is 5.94. The quantitative estimate of drug-likeness (QED) is 0.539. The number of hydrogen-bond acceptors (Lipinski definition) is 1. The number of hydrogen-bond donors (Lipinski definition) is 0. The second kappa shape index (κ2) is 8.05. The molecule has 0 bridgehead atoms. The third-order valence-corrected chi connectivity index (χ3v) is 4.30. The minimum atomic E-state index is 0.144. The fourth-order valence-corrected chi connectivity index (χ4v) is 3.00. The van der Waals surface area contributed by atoms with Gasteiger partial charge in [-0.1, -0.05) is 58.0 Å². The van der Waals surface area contributed by atoms with Gasteiger partial charge < -0.3 is 0 Å². The predicted molar refractivity (Wildman–Crippen MR) is 94.4 cm³/mol. The van der Waals surface area contributed by atoms with Crippen LogP contribution in [0.3, 0.4) is 0 Å². The van der Waals surface area contributed by atoms with Crippen LogP contribution in [-0.4, -0.2) is 5.78 Å². The van der Waals surface area contributed by atoms with Crippen LogP contribution in [0.1, 0.15) is 56.0 Å². The highest BCUT2D eigenvalue weighted by atomic mass is 16.1. The average molecular weight is 310 g/mol. The maximum Gasteiger partial charge on any atom is 0.227 e. The van der Waals surface area contributed by atoms with Crippen molar-refractivity contribution in [3.8, 4) is 0 Å². The van der Waals surface area contributed by atoms with Crippen molar-refractivity contribution >= 4 is 5.78 Å². The molecule has 0 saturated carbocycles. The van der Waals surface area contributed by atoms with E-state index in [4.69, 9.17) is 0 Å². The zero-order valence-corrected chi connectivity index (χ0v) is 14.7. The lowest BCUT2D eigenvalue weighted by atomic mass is 9.83. The third kappa shape index (κ3) is 5.02. The molecule has 23 heavy (non-hydrogen) atoms. The third-order valence-electron chi connectivity index (χ3n) is 4.30. The fourth-order valence-electron chi connectivity index (χ4n) is 3.00. The molecule has 0 aliphatic rings. The molecule has 1 unspecified atom stereocenters. The van der Waals surface area contributed by atoms with Gasteiger partial charge in [0, 0.05) is 17.7 Å². The van der Waals surface area contributed by atoms with Crippen molar-refractivity contribution in [3.63, 3.8) is 0 Å². The number of Topliss-reactive ketones (excluding diaryl/α,β-unsaturated/α-hetero) is 1. The summed E-state index contributed by atoms with van der Waals surface area (Å²) in [5, 5.41) is 0. The van der Waals surface area contributed by atoms with Gasteiger partial charge in [-0.05, 0) is 29.7 Å². The number of rotatable bonds is 7. The van der Waals surface area contributed by atoms with Gasteiger partial charge in [-0.3, -0.25) is 4.79 Å². The standard InChI is InChI=1S/C21H28NO/c1-16(2)14-20(17(3)4)18-10-12-22(13-11-18)15-21(23)19-8-6-5-7-9-19/h5-13,16-17,20H,14-15H2,1-4H3/q+1. The molecule has 0 saturated heterocycles. The van der Waals surface area contributed by atoms with Crippen molar-refractivity contribution in [1.29, 1.82) is 0 Å². The molecule has 0 radical (unpaired) electrons. The summed E-state index contributed by atoms with van der Waals surface area (Å²) >= 11 is 0. The normalized spacial score (nSPS) is 12.6. The predicted octanol–water partition coefficient (Wildman–Crippen LogP) is 4.64. The number of carbonyl (C=O) groups excluding carboxylic acids is 1. The highest BCUT2D eigenvalue weighted by Crippen LogP contribution is 2.30. The summed E-state index contributed by atoms with van der Waals surface area (Å²) in [5.41, 5.74) is 2.14. The van der Waals surface area contributed by atoms with Gasteiger partial charge in [0.05, 0.1) is 0 Å². The Labute approximate surface area is 140 Å². The molecule has 2 aromatic rings. The Morgan fingerprint density at radius 2 is 1.57 bits per heavy atom. The number of carbonyl (C=O) groups is 1. The van der Waals surface area contributed by atoms with Gasteiger partial charge in [0.1, 0.15) is 0 Å². The fraction of sp³-hybridized carbons (Fsp3) is 0.429. The molecule has 1 aromatic heterocycles. The number of aromatic nitrogens is 1. The number of ketones is 1. The molecule has 0 aliphatic heterocycles. The van der Waals surface area contributed by atoms with E-state index in [-0.39, 0.29) is 5.78 Å². The van der Waals surface area contributed by atoms with Gasteiger partial charge in [0.2, 0.25) is 12.3 Å². The van der Waals surface area contributed by atoms with Gasteiger partial charge in [-0.2, -0.15) is 4.57 Å². The first-order valence-electron chi connectivity index (χ1n) is 8.54. The molecule has 1 heterocycles. The Hall–Kier alpha value is -1.96. The first-order valence-corrected chi connectivity index (χ1v) is 8.54. The van der Waals surface area contributed by atoms with E-state index in [1.54, 1.807) is 0 Å². The van der Waals surface area contributed by atoms with E-state index in [0.29, 0.717) is 24.3 Å². The molecule has 0 aliphatic carbocycles. The number of nitrogens with zero attached hydrogens (tertiary/aromatic N) is 1. The van der Waals surface area contributed by atoms with Crippen LogP contribution < -0.4 is 4.57 Å². The van der Waals surface area contributed by atoms with E-state index in [1.165, 1.54) is 12.0 Å². The molecular formula is C21H28NO+. The second-order valence-electron chi connectivity index (χ2n) is 7.07. The SMILES string of the molecule is CC(C)CC(c1cc[n+](CC(=O)c2ccccc2)cc1)C(C)C. The number of benzene rings is 1. The molecule has 0 N–H and O–H groups in total. The van der Waals surface area contributed by atoms with Crippen LogP contribution in [-0.2, 0) is 6.54 Å². The Morgan fingerprint density at radius 3 is 2.09 bits per heavy atom. The van der Waals surface area contributed by atoms with Gasteiger partial charge in [-0.25, -0.2) is 0 Å². The maximum absolute atomic E-state index is 12.3. The molecule has 2 rings (SSSR count). The molecule has 2 nitrogen and oxygen atoms in total. The summed E-state index contributed by atoms with van der Waals surface area (Å²) in [5.74, 6) is 2.04. The van der Waals surface area contributed by atoms with E-state index in [9.17, 15) is 4.79 Å². The van der Waals surface area contributed by atoms with E-state index >= 15 is 0 Å². The summed E-state index contributed by atoms with van der Waals surface area (Å²) < 4.78 is 1.96. The van der Waals surface area contributed by atoms with Crippen LogP contribution in [0.15, 0.2) is 54.9 Å². The summed E-state index contributed by atoms with van der Waals surface area (Å²) in [7, 11) is 0. The topological polar surface area (TPSA) is 20.9 Å². The zero-order valence-electron chi connectivity index (χ0n) is 14.7. The van der Waals surface area contributed by atoms with E-state index in [1.807, 2.05) is 47.3 Å². The monoisotopic (exact) mass is 310 g/mol. The minimum absolute atomic E-state index is 0.144. The molecule has 0 amide bonds. The van der Waals surface area contributed by atoms with Crippen molar-refractivity contribution < 1.29 is 9.36 Å². The van der Waals surface area contributed by atoms with E-state index in [0.717, 1.165) is 5.56 Å². The number of pyridine rings is 1. The van der Waals surface area contributed by atoms with Crippen LogP contribution in [0.4, 0.5) is 0 Å². The molecule has 2 heteroatoms. The highest BCUT2D eigenvalue weighted by Gasteiger charge is 2.19. The second-order valence-corrected chi connectivity index (χ2v) is 7.07. The molecule has 0 fully saturated rings. The lowest BCUT2D eigenvalue weighted by molar-refractivity contribution is -0.683. The average Bonchev–Trinajstić information content (AvgIpc) is 2.54. The van der Waals surface area contributed by atoms with E-state index < -0.39 is 0 Å². The molecular weight excluding hydrogens is 282 g/mol. The van der Waals surface area contributed by atoms with E-state index in [2.05, 4.69) is 39.8 Å². The lowest BCUT2D eigenvalue weighted by Crippen LogP contribution is -2.37. The van der Waals surface area contributed by atoms with Crippen LogP contribution >= 0.6 is 0 Å². The minimum Gasteiger partial charge on any atom is -0.287 e. The van der Waals surface area contributed by atoms with Gasteiger partial charge in [0.25, 0.3) is 0 Å². The zero-order chi connectivity index (χ0) is 16.8. The summed E-state index contributed by atoms with van der Waals surface area (Å²) in [6.45, 7) is 9.51. The van der Waals surface area contributed by atoms with Gasteiger partial charge >= 0.3 is 0 Å². The van der Waals surface area contributed by atoms with Crippen LogP contribution in [0.5, 0.6) is 0 Å². The lowest BCUT2D eigenvalue weighted by Gasteiger charge is -2.22. The van der Waals surface area contributed by atoms with Crippen molar-refractivity contribution in [2.24, 2.45) is 11.8 Å². The van der Waals surface area contributed by atoms with Crippen molar-refractivity contribution in [1.82, 2.24) is 0 Å². The first-order chi connectivity index (χ1) is 11.0. The van der Waals surface area contributed by atoms with Crippen LogP contribution in [0.2, 0.25) is 0 Å². The Morgan fingerprint density at radius 1 is 0.957 bits per heavy atom. The van der Waals surface area contributed by atoms with Gasteiger partial charge in [-0.15, -0.1) is 0 Å².